The summed E-state index contributed by atoms with van der Waals surface area (Å²) in [5.74, 6) is -2.04. The summed E-state index contributed by atoms with van der Waals surface area (Å²) in [4.78, 5) is 45.8. The number of carbonyl (C=O) groups excluding carboxylic acids is 3. The number of rotatable bonds is 4. The van der Waals surface area contributed by atoms with Gasteiger partial charge in [-0.2, -0.15) is 0 Å². The molecule has 0 atom stereocenters. The number of anilines is 2. The van der Waals surface area contributed by atoms with Crippen LogP contribution in [0.1, 0.15) is 39.0 Å². The van der Waals surface area contributed by atoms with Crippen molar-refractivity contribution in [2.75, 3.05) is 17.2 Å². The number of nitrogens with zero attached hydrogens (tertiary/aromatic N) is 3. The van der Waals surface area contributed by atoms with Crippen LogP contribution in [0.5, 0.6) is 11.5 Å². The predicted octanol–water partition coefficient (Wildman–Crippen LogP) is 4.19. The number of nitrogens with one attached hydrogen (secondary N) is 2. The van der Waals surface area contributed by atoms with Crippen molar-refractivity contribution in [3.05, 3.63) is 36.7 Å². The standard InChI is InChI=1S/C22H23F2N5O4/c1-14(30)27-18-12-15(4-10-25-18)33-16-2-3-17(26-13-16)28-20(32)29-11-9-21(19(29)31)5-7-22(23,24)8-6-21/h2-4,10,12-13H,5-9,11H2,1H3,(H,25,27,30)(H,26,28,32). The van der Waals surface area contributed by atoms with E-state index in [-0.39, 0.29) is 44.0 Å². The van der Waals surface area contributed by atoms with E-state index in [9.17, 15) is 23.2 Å². The van der Waals surface area contributed by atoms with E-state index in [0.717, 1.165) is 4.90 Å². The molecule has 2 N–H and O–H groups in total. The van der Waals surface area contributed by atoms with Gasteiger partial charge in [-0.3, -0.25) is 19.8 Å². The lowest BCUT2D eigenvalue weighted by Gasteiger charge is -2.35. The highest BCUT2D eigenvalue weighted by molar-refractivity contribution is 6.04. The molecular weight excluding hydrogens is 436 g/mol. The SMILES string of the molecule is CC(=O)Nc1cc(Oc2ccc(NC(=O)N3CCC4(CCC(F)(F)CC4)C3=O)nc2)ccn1. The number of amides is 4. The number of likely N-dealkylation sites (tertiary alicyclic amines) is 1. The van der Waals surface area contributed by atoms with Crippen molar-refractivity contribution in [1.29, 1.82) is 0 Å². The van der Waals surface area contributed by atoms with Crippen LogP contribution < -0.4 is 15.4 Å². The molecule has 0 radical (unpaired) electrons. The third-order valence-electron chi connectivity index (χ3n) is 5.94. The summed E-state index contributed by atoms with van der Waals surface area (Å²) in [6.07, 6.45) is 2.78. The molecule has 4 amide bonds. The molecule has 1 spiro atoms. The Morgan fingerprint density at radius 3 is 2.42 bits per heavy atom. The fraction of sp³-hybridized carbons (Fsp3) is 0.409. The topological polar surface area (TPSA) is 114 Å². The van der Waals surface area contributed by atoms with Gasteiger partial charge in [-0.25, -0.2) is 23.5 Å². The van der Waals surface area contributed by atoms with Crippen molar-refractivity contribution in [2.24, 2.45) is 5.41 Å². The van der Waals surface area contributed by atoms with Crippen LogP contribution in [0.2, 0.25) is 0 Å². The van der Waals surface area contributed by atoms with Gasteiger partial charge in [0.15, 0.2) is 0 Å². The van der Waals surface area contributed by atoms with Gasteiger partial charge in [0.05, 0.1) is 11.6 Å². The van der Waals surface area contributed by atoms with Crippen molar-refractivity contribution in [1.82, 2.24) is 14.9 Å². The lowest BCUT2D eigenvalue weighted by atomic mass is 9.72. The molecule has 2 fully saturated rings. The molecule has 2 aromatic rings. The molecule has 174 valence electrons. The minimum absolute atomic E-state index is 0.0888. The van der Waals surface area contributed by atoms with E-state index >= 15 is 0 Å². The smallest absolute Gasteiger partial charge is 0.329 e. The molecule has 0 unspecified atom stereocenters. The molecule has 11 heteroatoms. The first-order valence-electron chi connectivity index (χ1n) is 10.5. The normalized spacial score (nSPS) is 18.8. The third kappa shape index (κ3) is 5.07. The van der Waals surface area contributed by atoms with Crippen LogP contribution in [-0.2, 0) is 9.59 Å². The Balaban J connectivity index is 1.35. The second kappa shape index (κ2) is 8.72. The van der Waals surface area contributed by atoms with Gasteiger partial charge in [0.1, 0.15) is 23.1 Å². The molecule has 2 aliphatic rings. The molecule has 3 heterocycles. The minimum Gasteiger partial charge on any atom is -0.456 e. The zero-order valence-electron chi connectivity index (χ0n) is 17.9. The van der Waals surface area contributed by atoms with Gasteiger partial charge >= 0.3 is 6.03 Å². The summed E-state index contributed by atoms with van der Waals surface area (Å²) in [6.45, 7) is 1.56. The van der Waals surface area contributed by atoms with Gasteiger partial charge in [-0.1, -0.05) is 0 Å². The molecule has 33 heavy (non-hydrogen) atoms. The minimum atomic E-state index is -2.74. The first kappa shape index (κ1) is 22.6. The molecule has 1 aliphatic carbocycles. The van der Waals surface area contributed by atoms with Gasteiger partial charge in [-0.05, 0) is 37.5 Å². The van der Waals surface area contributed by atoms with Crippen LogP contribution in [-0.4, -0.2) is 45.2 Å². The number of urea groups is 1. The fourth-order valence-electron chi connectivity index (χ4n) is 4.12. The number of halogens is 2. The third-order valence-corrected chi connectivity index (χ3v) is 5.94. The van der Waals surface area contributed by atoms with E-state index < -0.39 is 23.3 Å². The van der Waals surface area contributed by atoms with Gasteiger partial charge < -0.3 is 10.1 Å². The highest BCUT2D eigenvalue weighted by Crippen LogP contribution is 2.49. The molecule has 0 aromatic carbocycles. The van der Waals surface area contributed by atoms with Crippen molar-refractivity contribution >= 4 is 29.5 Å². The Morgan fingerprint density at radius 1 is 1.00 bits per heavy atom. The largest absolute Gasteiger partial charge is 0.456 e. The lowest BCUT2D eigenvalue weighted by molar-refractivity contribution is -0.140. The van der Waals surface area contributed by atoms with E-state index in [1.165, 1.54) is 25.4 Å². The quantitative estimate of drug-likeness (QED) is 0.709. The summed E-state index contributed by atoms with van der Waals surface area (Å²) < 4.78 is 32.7. The molecule has 4 rings (SSSR count). The molecule has 1 aliphatic heterocycles. The maximum atomic E-state index is 13.5. The summed E-state index contributed by atoms with van der Waals surface area (Å²) >= 11 is 0. The van der Waals surface area contributed by atoms with Crippen molar-refractivity contribution in [3.8, 4) is 11.5 Å². The zero-order valence-corrected chi connectivity index (χ0v) is 17.9. The Labute approximate surface area is 188 Å². The summed E-state index contributed by atoms with van der Waals surface area (Å²) in [7, 11) is 0. The Hall–Kier alpha value is -3.63. The van der Waals surface area contributed by atoms with Crippen LogP contribution in [0.4, 0.5) is 25.2 Å². The van der Waals surface area contributed by atoms with Gasteiger partial charge in [0.2, 0.25) is 17.7 Å². The Bertz CT molecular complexity index is 1070. The number of pyridine rings is 2. The maximum absolute atomic E-state index is 13.5. The first-order valence-corrected chi connectivity index (χ1v) is 10.5. The van der Waals surface area contributed by atoms with Crippen LogP contribution in [0.3, 0.4) is 0 Å². The number of carbonyl (C=O) groups is 3. The number of hydrogen-bond acceptors (Lipinski definition) is 6. The highest BCUT2D eigenvalue weighted by atomic mass is 19.3. The number of imide groups is 1. The Morgan fingerprint density at radius 2 is 1.76 bits per heavy atom. The monoisotopic (exact) mass is 459 g/mol. The number of hydrogen-bond donors (Lipinski definition) is 2. The zero-order chi connectivity index (χ0) is 23.6. The average Bonchev–Trinajstić information content (AvgIpc) is 3.08. The molecule has 9 nitrogen and oxygen atoms in total. The van der Waals surface area contributed by atoms with Crippen LogP contribution in [0.15, 0.2) is 36.7 Å². The van der Waals surface area contributed by atoms with Crippen LogP contribution in [0.25, 0.3) is 0 Å². The lowest BCUT2D eigenvalue weighted by Crippen LogP contribution is -2.43. The molecule has 1 saturated carbocycles. The Kier molecular flexibility index (Phi) is 5.96. The van der Waals surface area contributed by atoms with Gasteiger partial charge in [-0.15, -0.1) is 0 Å². The predicted molar refractivity (Wildman–Crippen MR) is 114 cm³/mol. The second-order valence-electron chi connectivity index (χ2n) is 8.31. The molecule has 0 bridgehead atoms. The fourth-order valence-corrected chi connectivity index (χ4v) is 4.12. The summed E-state index contributed by atoms with van der Waals surface area (Å²) in [5, 5.41) is 5.12. The summed E-state index contributed by atoms with van der Waals surface area (Å²) in [5.41, 5.74) is -0.870. The van der Waals surface area contributed by atoms with E-state index in [1.54, 1.807) is 18.2 Å². The van der Waals surface area contributed by atoms with E-state index in [0.29, 0.717) is 23.7 Å². The number of aromatic nitrogens is 2. The van der Waals surface area contributed by atoms with Gasteiger partial charge in [0, 0.05) is 38.6 Å². The van der Waals surface area contributed by atoms with Crippen LogP contribution in [0, 0.1) is 5.41 Å². The highest BCUT2D eigenvalue weighted by Gasteiger charge is 2.53. The van der Waals surface area contributed by atoms with Crippen molar-refractivity contribution < 1.29 is 27.9 Å². The average molecular weight is 459 g/mol. The van der Waals surface area contributed by atoms with Gasteiger partial charge in [0.25, 0.3) is 0 Å². The molecular formula is C22H23F2N5O4. The second-order valence-corrected chi connectivity index (χ2v) is 8.31. The van der Waals surface area contributed by atoms with Crippen LogP contribution >= 0.6 is 0 Å². The van der Waals surface area contributed by atoms with E-state index in [4.69, 9.17) is 4.74 Å². The van der Waals surface area contributed by atoms with E-state index in [1.807, 2.05) is 0 Å². The summed E-state index contributed by atoms with van der Waals surface area (Å²) in [6, 6.07) is 5.62. The number of alkyl halides is 2. The molecule has 1 saturated heterocycles. The molecule has 2 aromatic heterocycles. The van der Waals surface area contributed by atoms with Crippen molar-refractivity contribution in [3.63, 3.8) is 0 Å². The van der Waals surface area contributed by atoms with Crippen molar-refractivity contribution in [2.45, 2.75) is 45.0 Å². The maximum Gasteiger partial charge on any atom is 0.329 e. The number of ether oxygens (including phenoxy) is 1. The van der Waals surface area contributed by atoms with E-state index in [2.05, 4.69) is 20.6 Å². The first-order chi connectivity index (χ1) is 15.7.